The molecule has 2 saturated heterocycles. The zero-order valence-electron chi connectivity index (χ0n) is 12.6. The van der Waals surface area contributed by atoms with Crippen LogP contribution in [0.4, 0.5) is 4.79 Å². The lowest BCUT2D eigenvalue weighted by molar-refractivity contribution is -0.126. The van der Waals surface area contributed by atoms with Gasteiger partial charge in [0.2, 0.25) is 0 Å². The van der Waals surface area contributed by atoms with E-state index in [4.69, 9.17) is 10.5 Å². The van der Waals surface area contributed by atoms with Gasteiger partial charge in [0.1, 0.15) is 18.3 Å². The Morgan fingerprint density at radius 2 is 2.08 bits per heavy atom. The third kappa shape index (κ3) is 2.33. The number of carbonyl (C=O) groups is 2. The van der Waals surface area contributed by atoms with Crippen LogP contribution in [-0.2, 0) is 9.53 Å². The molecule has 2 unspecified atom stereocenters. The number of aliphatic hydroxyl groups is 3. The van der Waals surface area contributed by atoms with E-state index in [-0.39, 0.29) is 12.5 Å². The van der Waals surface area contributed by atoms with Crippen LogP contribution >= 0.6 is 0 Å². The summed E-state index contributed by atoms with van der Waals surface area (Å²) in [7, 11) is 0. The maximum atomic E-state index is 12.7. The number of rotatable bonds is 4. The minimum Gasteiger partial charge on any atom is -0.394 e. The molecule has 2 fully saturated rings. The molecule has 0 spiro atoms. The van der Waals surface area contributed by atoms with Crippen LogP contribution in [0.5, 0.6) is 0 Å². The summed E-state index contributed by atoms with van der Waals surface area (Å²) in [6, 6.07) is -1.59. The summed E-state index contributed by atoms with van der Waals surface area (Å²) in [5, 5.41) is 31.6. The molecule has 0 bridgehead atoms. The Bertz CT molecular complexity index is 597. The summed E-state index contributed by atoms with van der Waals surface area (Å²) >= 11 is 0. The van der Waals surface area contributed by atoms with Crippen LogP contribution in [0.25, 0.3) is 0 Å². The summed E-state index contributed by atoms with van der Waals surface area (Å²) in [5.41, 5.74) is 5.57. The Morgan fingerprint density at radius 1 is 1.38 bits per heavy atom. The van der Waals surface area contributed by atoms with Crippen LogP contribution in [0.3, 0.4) is 0 Å². The molecule has 6 atom stereocenters. The molecule has 3 aliphatic heterocycles. The predicted octanol–water partition coefficient (Wildman–Crippen LogP) is -3.51. The van der Waals surface area contributed by atoms with Gasteiger partial charge in [-0.2, -0.15) is 0 Å². The van der Waals surface area contributed by atoms with E-state index in [0.717, 1.165) is 4.90 Å². The standard InChI is InChI=1S/C13H19N5O6/c1-2-3-17-6-9(15-12(14)16-10(6)22)18(13(17)23)11-8(21)7(20)5(4-19)24-11/h2,5-9,11,19-21H,1,3-4H2,(H3,14,15,16,22)/t5-,6?,7-,8-,9?,11-/m1/s1. The Labute approximate surface area is 137 Å². The number of guanidine groups is 1. The van der Waals surface area contributed by atoms with Crippen molar-refractivity contribution in [3.8, 4) is 0 Å². The largest absolute Gasteiger partial charge is 0.394 e. The molecule has 0 saturated carbocycles. The molecule has 3 amide bonds. The number of carbonyl (C=O) groups excluding carboxylic acids is 2. The van der Waals surface area contributed by atoms with Gasteiger partial charge in [-0.25, -0.2) is 9.79 Å². The molecule has 3 rings (SSSR count). The van der Waals surface area contributed by atoms with Gasteiger partial charge in [-0.1, -0.05) is 6.08 Å². The molecule has 0 aromatic heterocycles. The Balaban J connectivity index is 1.97. The topological polar surface area (TPSA) is 161 Å². The van der Waals surface area contributed by atoms with Crippen LogP contribution in [0.15, 0.2) is 17.6 Å². The van der Waals surface area contributed by atoms with Gasteiger partial charge in [0, 0.05) is 6.54 Å². The highest BCUT2D eigenvalue weighted by molar-refractivity contribution is 6.04. The van der Waals surface area contributed by atoms with Gasteiger partial charge in [-0.15, -0.1) is 6.58 Å². The SMILES string of the molecule is C=CCN1C(=O)N([C@@H]2O[C@H](CO)[C@@H](O)[C@H]2O)C2N=C(N)NC(=O)C21. The summed E-state index contributed by atoms with van der Waals surface area (Å²) in [6.07, 6.45) is -4.73. The van der Waals surface area contributed by atoms with Gasteiger partial charge in [-0.05, 0) is 0 Å². The number of ether oxygens (including phenoxy) is 1. The number of nitrogens with zero attached hydrogens (tertiary/aromatic N) is 3. The second kappa shape index (κ2) is 6.02. The quantitative estimate of drug-likeness (QED) is 0.331. The normalized spacial score (nSPS) is 38.9. The van der Waals surface area contributed by atoms with Gasteiger partial charge in [0.15, 0.2) is 24.4 Å². The first kappa shape index (κ1) is 16.6. The third-order valence-electron chi connectivity index (χ3n) is 4.28. The molecule has 0 aromatic rings. The number of fused-ring (bicyclic) bond motifs is 1. The summed E-state index contributed by atoms with van der Waals surface area (Å²) < 4.78 is 5.40. The number of aliphatic imine (C=N–C) groups is 1. The Hall–Kier alpha value is -2.21. The van der Waals surface area contributed by atoms with Crippen LogP contribution in [0.1, 0.15) is 0 Å². The number of nitrogens with two attached hydrogens (primary N) is 1. The zero-order chi connectivity index (χ0) is 17.6. The average molecular weight is 341 g/mol. The van der Waals surface area contributed by atoms with Crippen molar-refractivity contribution in [2.45, 2.75) is 36.7 Å². The van der Waals surface area contributed by atoms with Crippen LogP contribution in [0, 0.1) is 0 Å². The lowest BCUT2D eigenvalue weighted by atomic mass is 10.1. The van der Waals surface area contributed by atoms with Crippen LogP contribution in [-0.4, -0.2) is 92.9 Å². The molecule has 0 radical (unpaired) electrons. The molecule has 11 nitrogen and oxygen atoms in total. The van der Waals surface area contributed by atoms with E-state index in [2.05, 4.69) is 16.9 Å². The number of aliphatic hydroxyl groups excluding tert-OH is 3. The maximum absolute atomic E-state index is 12.7. The van der Waals surface area contributed by atoms with Crippen molar-refractivity contribution in [3.63, 3.8) is 0 Å². The first-order valence-electron chi connectivity index (χ1n) is 7.37. The Kier molecular flexibility index (Phi) is 4.17. The number of urea groups is 1. The fourth-order valence-corrected chi connectivity index (χ4v) is 3.18. The van der Waals surface area contributed by atoms with Crippen LogP contribution in [0.2, 0.25) is 0 Å². The second-order valence-electron chi connectivity index (χ2n) is 5.72. The molecule has 0 aliphatic carbocycles. The van der Waals surface area contributed by atoms with Crippen molar-refractivity contribution in [1.29, 1.82) is 0 Å². The van der Waals surface area contributed by atoms with E-state index in [1.165, 1.54) is 11.0 Å². The smallest absolute Gasteiger partial charge is 0.325 e. The molecule has 132 valence electrons. The highest BCUT2D eigenvalue weighted by atomic mass is 16.6. The third-order valence-corrected chi connectivity index (χ3v) is 4.28. The minimum absolute atomic E-state index is 0.0775. The van der Waals surface area contributed by atoms with Gasteiger partial charge in [0.25, 0.3) is 5.91 Å². The predicted molar refractivity (Wildman–Crippen MR) is 79.2 cm³/mol. The van der Waals surface area contributed by atoms with Crippen molar-refractivity contribution >= 4 is 17.9 Å². The van der Waals surface area contributed by atoms with Crippen LogP contribution < -0.4 is 11.1 Å². The first-order chi connectivity index (χ1) is 11.4. The molecule has 3 heterocycles. The number of hydrogen-bond donors (Lipinski definition) is 5. The van der Waals surface area contributed by atoms with Crippen molar-refractivity contribution in [1.82, 2.24) is 15.1 Å². The average Bonchev–Trinajstić information content (AvgIpc) is 2.96. The minimum atomic E-state index is -1.46. The number of amides is 3. The maximum Gasteiger partial charge on any atom is 0.325 e. The monoisotopic (exact) mass is 341 g/mol. The fraction of sp³-hybridized carbons (Fsp3) is 0.615. The van der Waals surface area contributed by atoms with E-state index in [1.807, 2.05) is 0 Å². The van der Waals surface area contributed by atoms with E-state index in [0.29, 0.717) is 0 Å². The highest BCUT2D eigenvalue weighted by Crippen LogP contribution is 2.34. The van der Waals surface area contributed by atoms with Gasteiger partial charge < -0.3 is 30.7 Å². The van der Waals surface area contributed by atoms with Gasteiger partial charge >= 0.3 is 6.03 Å². The lowest BCUT2D eigenvalue weighted by Gasteiger charge is -2.31. The zero-order valence-corrected chi connectivity index (χ0v) is 12.6. The molecule has 3 aliphatic rings. The van der Waals surface area contributed by atoms with Crippen molar-refractivity contribution in [2.24, 2.45) is 10.7 Å². The van der Waals surface area contributed by atoms with E-state index in [9.17, 15) is 24.9 Å². The van der Waals surface area contributed by atoms with E-state index < -0.39 is 55.3 Å². The highest BCUT2D eigenvalue weighted by Gasteiger charge is 2.58. The molecule has 0 aromatic carbocycles. The van der Waals surface area contributed by atoms with E-state index in [1.54, 1.807) is 0 Å². The summed E-state index contributed by atoms with van der Waals surface area (Å²) in [4.78, 5) is 31.3. The summed E-state index contributed by atoms with van der Waals surface area (Å²) in [6.45, 7) is 3.10. The summed E-state index contributed by atoms with van der Waals surface area (Å²) in [5.74, 6) is -0.678. The van der Waals surface area contributed by atoms with Crippen molar-refractivity contribution < 1.29 is 29.6 Å². The Morgan fingerprint density at radius 3 is 2.67 bits per heavy atom. The van der Waals surface area contributed by atoms with Crippen molar-refractivity contribution in [2.75, 3.05) is 13.2 Å². The second-order valence-corrected chi connectivity index (χ2v) is 5.72. The number of hydrogen-bond acceptors (Lipinski definition) is 8. The first-order valence-corrected chi connectivity index (χ1v) is 7.37. The molecule has 6 N–H and O–H groups in total. The fourth-order valence-electron chi connectivity index (χ4n) is 3.18. The van der Waals surface area contributed by atoms with E-state index >= 15 is 0 Å². The lowest BCUT2D eigenvalue weighted by Crippen LogP contribution is -2.58. The van der Waals surface area contributed by atoms with Gasteiger partial charge in [0.05, 0.1) is 6.61 Å². The van der Waals surface area contributed by atoms with Gasteiger partial charge in [-0.3, -0.25) is 15.0 Å². The number of nitrogens with one attached hydrogen (secondary N) is 1. The van der Waals surface area contributed by atoms with Crippen molar-refractivity contribution in [3.05, 3.63) is 12.7 Å². The molecule has 24 heavy (non-hydrogen) atoms. The molecular weight excluding hydrogens is 322 g/mol. The molecular formula is C13H19N5O6. The molecule has 11 heteroatoms.